The van der Waals surface area contributed by atoms with Crippen LogP contribution in [0.25, 0.3) is 0 Å². The van der Waals surface area contributed by atoms with Crippen LogP contribution in [-0.4, -0.2) is 26.2 Å². The van der Waals surface area contributed by atoms with Crippen molar-refractivity contribution in [3.63, 3.8) is 0 Å². The first-order valence-electron chi connectivity index (χ1n) is 5.39. The largest absolute Gasteiger partial charge is 0.462 e. The SMILES string of the molecule is CCOC(=O)c1ccc(N)c(C#CCNC)c1. The lowest BCUT2D eigenvalue weighted by molar-refractivity contribution is 0.0526. The molecular weight excluding hydrogens is 216 g/mol. The Bertz CT molecular complexity index is 458. The van der Waals surface area contributed by atoms with Crippen LogP contribution in [0.15, 0.2) is 18.2 Å². The average molecular weight is 232 g/mol. The highest BCUT2D eigenvalue weighted by atomic mass is 16.5. The van der Waals surface area contributed by atoms with Crippen molar-refractivity contribution in [1.29, 1.82) is 0 Å². The molecule has 0 fully saturated rings. The molecule has 90 valence electrons. The normalized spacial score (nSPS) is 9.29. The molecule has 1 aromatic carbocycles. The molecule has 1 aromatic rings. The molecular formula is C13H16N2O2. The number of nitrogens with two attached hydrogens (primary N) is 1. The van der Waals surface area contributed by atoms with Crippen molar-refractivity contribution in [3.05, 3.63) is 29.3 Å². The highest BCUT2D eigenvalue weighted by Crippen LogP contribution is 2.13. The molecule has 0 radical (unpaired) electrons. The van der Waals surface area contributed by atoms with Crippen molar-refractivity contribution < 1.29 is 9.53 Å². The van der Waals surface area contributed by atoms with Gasteiger partial charge >= 0.3 is 5.97 Å². The van der Waals surface area contributed by atoms with E-state index in [0.717, 1.165) is 0 Å². The van der Waals surface area contributed by atoms with Crippen molar-refractivity contribution >= 4 is 11.7 Å². The molecule has 3 N–H and O–H groups in total. The topological polar surface area (TPSA) is 64.3 Å². The Morgan fingerprint density at radius 1 is 1.53 bits per heavy atom. The third kappa shape index (κ3) is 3.82. The predicted molar refractivity (Wildman–Crippen MR) is 67.6 cm³/mol. The summed E-state index contributed by atoms with van der Waals surface area (Å²) >= 11 is 0. The molecule has 0 spiro atoms. The fourth-order valence-electron chi connectivity index (χ4n) is 1.23. The minimum atomic E-state index is -0.357. The summed E-state index contributed by atoms with van der Waals surface area (Å²) in [6, 6.07) is 4.95. The summed E-state index contributed by atoms with van der Waals surface area (Å²) in [4.78, 5) is 11.5. The van der Waals surface area contributed by atoms with Crippen LogP contribution in [0, 0.1) is 11.8 Å². The number of anilines is 1. The van der Waals surface area contributed by atoms with Gasteiger partial charge in [-0.15, -0.1) is 0 Å². The lowest BCUT2D eigenvalue weighted by Crippen LogP contribution is -2.06. The van der Waals surface area contributed by atoms with Gasteiger partial charge in [0.1, 0.15) is 0 Å². The van der Waals surface area contributed by atoms with E-state index in [1.165, 1.54) is 0 Å². The number of ether oxygens (including phenoxy) is 1. The number of nitrogens with one attached hydrogen (secondary N) is 1. The molecule has 0 atom stereocenters. The van der Waals surface area contributed by atoms with Crippen LogP contribution >= 0.6 is 0 Å². The minimum absolute atomic E-state index is 0.351. The Hall–Kier alpha value is -1.99. The summed E-state index contributed by atoms with van der Waals surface area (Å²) in [5, 5.41) is 2.91. The fourth-order valence-corrected chi connectivity index (χ4v) is 1.23. The standard InChI is InChI=1S/C13H16N2O2/c1-3-17-13(16)11-6-7-12(14)10(9-11)5-4-8-15-2/h6-7,9,15H,3,8,14H2,1-2H3. The van der Waals surface area contributed by atoms with E-state index in [4.69, 9.17) is 10.5 Å². The first-order valence-corrected chi connectivity index (χ1v) is 5.39. The van der Waals surface area contributed by atoms with Crippen LogP contribution in [0.2, 0.25) is 0 Å². The maximum atomic E-state index is 11.5. The molecule has 0 saturated heterocycles. The second-order valence-corrected chi connectivity index (χ2v) is 3.35. The molecule has 4 nitrogen and oxygen atoms in total. The maximum absolute atomic E-state index is 11.5. The zero-order chi connectivity index (χ0) is 12.7. The summed E-state index contributed by atoms with van der Waals surface area (Å²) < 4.78 is 4.91. The van der Waals surface area contributed by atoms with E-state index >= 15 is 0 Å². The molecule has 0 amide bonds. The van der Waals surface area contributed by atoms with Gasteiger partial charge in [-0.2, -0.15) is 0 Å². The van der Waals surface area contributed by atoms with Crippen molar-refractivity contribution in [2.75, 3.05) is 25.9 Å². The Morgan fingerprint density at radius 3 is 2.94 bits per heavy atom. The van der Waals surface area contributed by atoms with Crippen LogP contribution in [0.3, 0.4) is 0 Å². The summed E-state index contributed by atoms with van der Waals surface area (Å²) in [6.07, 6.45) is 0. The van der Waals surface area contributed by atoms with E-state index in [9.17, 15) is 4.79 Å². The van der Waals surface area contributed by atoms with Crippen LogP contribution in [-0.2, 0) is 4.74 Å². The van der Waals surface area contributed by atoms with Gasteiger partial charge in [0.2, 0.25) is 0 Å². The third-order valence-electron chi connectivity index (χ3n) is 2.05. The van der Waals surface area contributed by atoms with Gasteiger partial charge in [0.25, 0.3) is 0 Å². The van der Waals surface area contributed by atoms with Crippen molar-refractivity contribution in [3.8, 4) is 11.8 Å². The van der Waals surface area contributed by atoms with Gasteiger partial charge in [-0.25, -0.2) is 4.79 Å². The predicted octanol–water partition coefficient (Wildman–Crippen LogP) is 1.02. The van der Waals surface area contributed by atoms with Crippen molar-refractivity contribution in [1.82, 2.24) is 5.32 Å². The monoisotopic (exact) mass is 232 g/mol. The van der Waals surface area contributed by atoms with E-state index in [1.54, 1.807) is 25.1 Å². The van der Waals surface area contributed by atoms with Crippen LogP contribution in [0.5, 0.6) is 0 Å². The molecule has 0 aliphatic rings. The van der Waals surface area contributed by atoms with Crippen LogP contribution in [0.4, 0.5) is 5.69 Å². The second-order valence-electron chi connectivity index (χ2n) is 3.35. The summed E-state index contributed by atoms with van der Waals surface area (Å²) in [7, 11) is 1.81. The number of esters is 1. The van der Waals surface area contributed by atoms with E-state index in [0.29, 0.717) is 30.0 Å². The number of rotatable bonds is 3. The van der Waals surface area contributed by atoms with Crippen molar-refractivity contribution in [2.24, 2.45) is 0 Å². The molecule has 0 aliphatic heterocycles. The fraction of sp³-hybridized carbons (Fsp3) is 0.308. The Morgan fingerprint density at radius 2 is 2.29 bits per heavy atom. The minimum Gasteiger partial charge on any atom is -0.462 e. The zero-order valence-corrected chi connectivity index (χ0v) is 10.0. The van der Waals surface area contributed by atoms with E-state index in [-0.39, 0.29) is 5.97 Å². The van der Waals surface area contributed by atoms with Crippen LogP contribution in [0.1, 0.15) is 22.8 Å². The highest BCUT2D eigenvalue weighted by molar-refractivity contribution is 5.90. The zero-order valence-electron chi connectivity index (χ0n) is 10.0. The van der Waals surface area contributed by atoms with Crippen molar-refractivity contribution in [2.45, 2.75) is 6.92 Å². The summed E-state index contributed by atoms with van der Waals surface area (Å²) in [5.74, 6) is 5.45. The molecule has 0 unspecified atom stereocenters. The summed E-state index contributed by atoms with van der Waals surface area (Å²) in [5.41, 5.74) is 7.44. The number of carbonyl (C=O) groups is 1. The number of hydrogen-bond acceptors (Lipinski definition) is 4. The Kier molecular flexibility index (Phi) is 5.05. The molecule has 0 saturated carbocycles. The van der Waals surface area contributed by atoms with E-state index < -0.39 is 0 Å². The number of nitrogen functional groups attached to an aromatic ring is 1. The van der Waals surface area contributed by atoms with Gasteiger partial charge in [0.15, 0.2) is 0 Å². The molecule has 0 aliphatic carbocycles. The Labute approximate surface area is 101 Å². The number of hydrogen-bond donors (Lipinski definition) is 2. The molecule has 17 heavy (non-hydrogen) atoms. The van der Waals surface area contributed by atoms with Gasteiger partial charge < -0.3 is 15.8 Å². The third-order valence-corrected chi connectivity index (χ3v) is 2.05. The quantitative estimate of drug-likeness (QED) is 0.464. The number of benzene rings is 1. The first kappa shape index (κ1) is 13.1. The summed E-state index contributed by atoms with van der Waals surface area (Å²) in [6.45, 7) is 2.69. The van der Waals surface area contributed by atoms with E-state index in [1.807, 2.05) is 7.05 Å². The van der Waals surface area contributed by atoms with Gasteiger partial charge in [-0.05, 0) is 32.2 Å². The van der Waals surface area contributed by atoms with Gasteiger partial charge in [0.05, 0.1) is 18.7 Å². The average Bonchev–Trinajstić information content (AvgIpc) is 2.32. The molecule has 0 aromatic heterocycles. The smallest absolute Gasteiger partial charge is 0.338 e. The molecule has 0 heterocycles. The number of carbonyl (C=O) groups excluding carboxylic acids is 1. The van der Waals surface area contributed by atoms with Crippen LogP contribution < -0.4 is 11.1 Å². The highest BCUT2D eigenvalue weighted by Gasteiger charge is 2.07. The van der Waals surface area contributed by atoms with Gasteiger partial charge in [-0.3, -0.25) is 0 Å². The lowest BCUT2D eigenvalue weighted by atomic mass is 10.1. The lowest BCUT2D eigenvalue weighted by Gasteiger charge is -2.04. The van der Waals surface area contributed by atoms with Gasteiger partial charge in [0, 0.05) is 11.3 Å². The Balaban J connectivity index is 2.95. The second kappa shape index (κ2) is 6.56. The first-order chi connectivity index (χ1) is 8.19. The van der Waals surface area contributed by atoms with Gasteiger partial charge in [-0.1, -0.05) is 11.8 Å². The van der Waals surface area contributed by atoms with E-state index in [2.05, 4.69) is 17.2 Å². The molecule has 0 bridgehead atoms. The molecule has 4 heteroatoms. The molecule has 1 rings (SSSR count). The maximum Gasteiger partial charge on any atom is 0.338 e.